The minimum Gasteiger partial charge on any atom is -0.300 e. The molecule has 0 N–H and O–H groups in total. The summed E-state index contributed by atoms with van der Waals surface area (Å²) in [6.07, 6.45) is 0.815. The minimum atomic E-state index is -0.441. The van der Waals surface area contributed by atoms with Gasteiger partial charge in [0.25, 0.3) is 0 Å². The van der Waals surface area contributed by atoms with E-state index in [1.165, 1.54) is 0 Å². The van der Waals surface area contributed by atoms with Gasteiger partial charge in [-0.25, -0.2) is 4.89 Å². The van der Waals surface area contributed by atoms with Crippen molar-refractivity contribution in [2.75, 3.05) is 6.61 Å². The second-order valence-corrected chi connectivity index (χ2v) is 1.45. The zero-order valence-electron chi connectivity index (χ0n) is 4.20. The quantitative estimate of drug-likeness (QED) is 0.354. The molecule has 1 fully saturated rings. The van der Waals surface area contributed by atoms with Crippen LogP contribution in [0.4, 0.5) is 0 Å². The maximum atomic E-state index is 9.90. The van der Waals surface area contributed by atoms with Crippen LogP contribution in [0, 0.1) is 0 Å². The Bertz CT molecular complexity index is 76.1. The van der Waals surface area contributed by atoms with Crippen molar-refractivity contribution in [3.63, 3.8) is 0 Å². The van der Waals surface area contributed by atoms with E-state index in [2.05, 4.69) is 14.8 Å². The van der Waals surface area contributed by atoms with Crippen LogP contribution in [0.3, 0.4) is 0 Å². The minimum absolute atomic E-state index is 0.420. The first-order valence-electron chi connectivity index (χ1n) is 2.33. The van der Waals surface area contributed by atoms with Crippen LogP contribution in [0.25, 0.3) is 0 Å². The predicted molar refractivity (Wildman–Crippen MR) is 22.6 cm³/mol. The number of carbonyl (C=O) groups is 1. The average Bonchev–Trinajstić information content (AvgIpc) is 1.90. The molecule has 1 aliphatic heterocycles. The fraction of sp³-hybridized carbons (Fsp3) is 0.750. The van der Waals surface area contributed by atoms with Crippen LogP contribution in [0.15, 0.2) is 0 Å². The topological polar surface area (TPSA) is 44.8 Å². The zero-order chi connectivity index (χ0) is 5.82. The summed E-state index contributed by atoms with van der Waals surface area (Å²) >= 11 is 0. The van der Waals surface area contributed by atoms with Crippen LogP contribution in [0.2, 0.25) is 0 Å². The zero-order valence-corrected chi connectivity index (χ0v) is 4.20. The fourth-order valence-corrected chi connectivity index (χ4v) is 0.415. The molecule has 0 aromatic carbocycles. The van der Waals surface area contributed by atoms with Crippen molar-refractivity contribution in [2.45, 2.75) is 12.5 Å². The van der Waals surface area contributed by atoms with E-state index < -0.39 is 6.10 Å². The van der Waals surface area contributed by atoms with Gasteiger partial charge in [-0.2, -0.15) is 4.89 Å². The van der Waals surface area contributed by atoms with Gasteiger partial charge < -0.3 is 4.79 Å². The molecule has 46 valence electrons. The molecule has 0 amide bonds. The lowest BCUT2D eigenvalue weighted by Crippen LogP contribution is -2.22. The molecule has 1 saturated heterocycles. The van der Waals surface area contributed by atoms with Crippen LogP contribution in [0.5, 0.6) is 0 Å². The Morgan fingerprint density at radius 1 is 1.62 bits per heavy atom. The van der Waals surface area contributed by atoms with Crippen LogP contribution in [-0.2, 0) is 19.6 Å². The number of hydrogen-bond donors (Lipinski definition) is 0. The van der Waals surface area contributed by atoms with E-state index in [0.717, 1.165) is 0 Å². The summed E-state index contributed by atoms with van der Waals surface area (Å²) in [5.74, 6) is 0. The second-order valence-electron chi connectivity index (χ2n) is 1.45. The van der Waals surface area contributed by atoms with E-state index >= 15 is 0 Å². The van der Waals surface area contributed by atoms with Crippen molar-refractivity contribution in [1.82, 2.24) is 0 Å². The van der Waals surface area contributed by atoms with Gasteiger partial charge in [0.1, 0.15) is 0 Å². The molecule has 1 aliphatic rings. The molecule has 0 aliphatic carbocycles. The van der Waals surface area contributed by atoms with Gasteiger partial charge in [0.2, 0.25) is 0 Å². The third-order valence-electron chi connectivity index (χ3n) is 0.848. The first-order chi connectivity index (χ1) is 3.93. The van der Waals surface area contributed by atoms with Crippen LogP contribution in [-0.4, -0.2) is 19.0 Å². The molecular formula is C4H6O4. The largest absolute Gasteiger partial charge is 0.300 e. The smallest absolute Gasteiger partial charge is 0.153 e. The number of hydrogen-bond acceptors (Lipinski definition) is 4. The van der Waals surface area contributed by atoms with Crippen LogP contribution < -0.4 is 0 Å². The SMILES string of the molecule is O=CC1CCOOO1. The molecule has 1 rings (SSSR count). The van der Waals surface area contributed by atoms with Gasteiger partial charge >= 0.3 is 0 Å². The van der Waals surface area contributed by atoms with Crippen LogP contribution >= 0.6 is 0 Å². The highest BCUT2D eigenvalue weighted by Gasteiger charge is 2.13. The van der Waals surface area contributed by atoms with Crippen molar-refractivity contribution in [2.24, 2.45) is 0 Å². The molecule has 0 saturated carbocycles. The van der Waals surface area contributed by atoms with E-state index in [-0.39, 0.29) is 0 Å². The van der Waals surface area contributed by atoms with Crippen molar-refractivity contribution < 1.29 is 19.6 Å². The van der Waals surface area contributed by atoms with Gasteiger partial charge in [0.05, 0.1) is 6.61 Å². The molecule has 0 aromatic heterocycles. The highest BCUT2D eigenvalue weighted by Crippen LogP contribution is 2.03. The van der Waals surface area contributed by atoms with E-state index in [1.54, 1.807) is 0 Å². The Labute approximate surface area is 46.2 Å². The van der Waals surface area contributed by atoms with Gasteiger partial charge in [-0.3, -0.25) is 0 Å². The molecule has 1 heterocycles. The molecule has 0 bridgehead atoms. The Morgan fingerprint density at radius 3 is 2.88 bits per heavy atom. The van der Waals surface area contributed by atoms with Gasteiger partial charge in [0, 0.05) is 6.42 Å². The molecule has 4 heteroatoms. The van der Waals surface area contributed by atoms with Crippen molar-refractivity contribution in [3.8, 4) is 0 Å². The molecule has 0 spiro atoms. The molecule has 0 aromatic rings. The van der Waals surface area contributed by atoms with Gasteiger partial charge in [0.15, 0.2) is 12.4 Å². The lowest BCUT2D eigenvalue weighted by molar-refractivity contribution is -0.541. The third kappa shape index (κ3) is 1.26. The number of carbonyl (C=O) groups excluding carboxylic acids is 1. The Morgan fingerprint density at radius 2 is 2.50 bits per heavy atom. The van der Waals surface area contributed by atoms with E-state index in [0.29, 0.717) is 19.3 Å². The average molecular weight is 118 g/mol. The summed E-state index contributed by atoms with van der Waals surface area (Å²) in [6, 6.07) is 0. The van der Waals surface area contributed by atoms with Crippen molar-refractivity contribution in [1.29, 1.82) is 0 Å². The summed E-state index contributed by atoms with van der Waals surface area (Å²) in [4.78, 5) is 18.6. The van der Waals surface area contributed by atoms with Crippen molar-refractivity contribution >= 4 is 6.29 Å². The highest BCUT2D eigenvalue weighted by molar-refractivity contribution is 5.55. The monoisotopic (exact) mass is 118 g/mol. The first kappa shape index (κ1) is 5.68. The van der Waals surface area contributed by atoms with E-state index in [4.69, 9.17) is 0 Å². The standard InChI is InChI=1S/C4H6O4/c5-3-4-1-2-6-8-7-4/h3-4H,1-2H2. The Kier molecular flexibility index (Phi) is 1.96. The second kappa shape index (κ2) is 2.76. The molecule has 0 radical (unpaired) electrons. The van der Waals surface area contributed by atoms with E-state index in [1.807, 2.05) is 0 Å². The Balaban J connectivity index is 2.22. The summed E-state index contributed by atoms with van der Waals surface area (Å²) in [6.45, 7) is 0.420. The molecule has 8 heavy (non-hydrogen) atoms. The summed E-state index contributed by atoms with van der Waals surface area (Å²) in [5, 5.41) is 4.04. The Hall–Kier alpha value is -0.450. The normalized spacial score (nSPS) is 29.8. The lowest BCUT2D eigenvalue weighted by atomic mass is 10.3. The molecule has 1 unspecified atom stereocenters. The van der Waals surface area contributed by atoms with Gasteiger partial charge in [-0.1, -0.05) is 5.04 Å². The van der Waals surface area contributed by atoms with E-state index in [9.17, 15) is 4.79 Å². The molecule has 1 atom stereocenters. The first-order valence-corrected chi connectivity index (χ1v) is 2.33. The number of aldehydes is 1. The third-order valence-corrected chi connectivity index (χ3v) is 0.848. The predicted octanol–water partition coefficient (Wildman–Crippen LogP) is -0.163. The summed E-state index contributed by atoms with van der Waals surface area (Å²) < 4.78 is 0. The maximum Gasteiger partial charge on any atom is 0.153 e. The van der Waals surface area contributed by atoms with Crippen LogP contribution in [0.1, 0.15) is 6.42 Å². The lowest BCUT2D eigenvalue weighted by Gasteiger charge is -2.13. The fourth-order valence-electron chi connectivity index (χ4n) is 0.415. The summed E-state index contributed by atoms with van der Waals surface area (Å²) in [5.41, 5.74) is 0. The molecular weight excluding hydrogens is 112 g/mol. The molecule has 4 nitrogen and oxygen atoms in total. The van der Waals surface area contributed by atoms with Crippen molar-refractivity contribution in [3.05, 3.63) is 0 Å². The van der Waals surface area contributed by atoms with Gasteiger partial charge in [-0.05, 0) is 0 Å². The highest BCUT2D eigenvalue weighted by atomic mass is 17.5. The summed E-state index contributed by atoms with van der Waals surface area (Å²) in [7, 11) is 0. The van der Waals surface area contributed by atoms with Gasteiger partial charge in [-0.15, -0.1) is 0 Å². The maximum absolute atomic E-state index is 9.90. The number of rotatable bonds is 1.